The first kappa shape index (κ1) is 15.2. The maximum atomic E-state index is 8.25. The molecule has 12 heteroatoms. The Balaban J connectivity index is 3.32. The van der Waals surface area contributed by atoms with Crippen LogP contribution in [0, 0.1) is 0 Å². The van der Waals surface area contributed by atoms with E-state index in [1.807, 2.05) is 0 Å². The Hall–Kier alpha value is 3.16. The van der Waals surface area contributed by atoms with Crippen molar-refractivity contribution in [1.29, 1.82) is 0 Å². The molecular weight excluding hydrogens is 353 g/mol. The zero-order valence-corrected chi connectivity index (χ0v) is 13.2. The standard InChI is InChI=1S/H2O2S10/c1-2-12(4,5)11-10-9-8-7-6-3/h1,3H. The molecule has 0 aromatic carbocycles. The highest BCUT2D eigenvalue weighted by atomic mass is 34.0. The van der Waals surface area contributed by atoms with Crippen LogP contribution in [-0.2, 0) is 33.2 Å². The van der Waals surface area contributed by atoms with Crippen molar-refractivity contribution in [3.05, 3.63) is 0 Å². The summed E-state index contributed by atoms with van der Waals surface area (Å²) in [5.41, 5.74) is 0. The van der Waals surface area contributed by atoms with Gasteiger partial charge in [0.05, 0.1) is 0 Å². The molecule has 0 fully saturated rings. The lowest BCUT2D eigenvalue weighted by molar-refractivity contribution is -0.117. The lowest BCUT2D eigenvalue weighted by Crippen LogP contribution is -1.88. The molecule has 0 aromatic rings. The SMILES string of the molecule is OOS(=S)(=S)SSSSSSS. The fourth-order valence-electron chi connectivity index (χ4n) is 0.0929. The van der Waals surface area contributed by atoms with Crippen LogP contribution in [0.5, 0.6) is 0 Å². The molecule has 2 nitrogen and oxygen atoms in total. The zero-order valence-electron chi connectivity index (χ0n) is 4.98. The average molecular weight is 355 g/mol. The molecule has 0 saturated heterocycles. The predicted molar refractivity (Wildman–Crippen MR) is 80.3 cm³/mol. The summed E-state index contributed by atoms with van der Waals surface area (Å²) in [6, 6.07) is 0. The summed E-state index contributed by atoms with van der Waals surface area (Å²) in [7, 11) is 8.53. The summed E-state index contributed by atoms with van der Waals surface area (Å²) in [5, 5.41) is 8.25. The second-order valence-corrected chi connectivity index (χ2v) is 18.8. The van der Waals surface area contributed by atoms with Crippen LogP contribution in [0.15, 0.2) is 0 Å². The molecule has 0 heterocycles. The van der Waals surface area contributed by atoms with Crippen molar-refractivity contribution in [3.8, 4) is 0 Å². The first-order chi connectivity index (χ1) is 5.62. The van der Waals surface area contributed by atoms with Gasteiger partial charge in [-0.2, -0.15) is 0 Å². The van der Waals surface area contributed by atoms with E-state index in [9.17, 15) is 0 Å². The second kappa shape index (κ2) is 9.39. The van der Waals surface area contributed by atoms with Gasteiger partial charge in [-0.1, -0.05) is 11.7 Å². The molecule has 0 aliphatic heterocycles. The van der Waals surface area contributed by atoms with Crippen LogP contribution in [0.4, 0.5) is 0 Å². The Morgan fingerprint density at radius 2 is 1.75 bits per heavy atom. The van der Waals surface area contributed by atoms with E-state index in [-0.39, 0.29) is 0 Å². The van der Waals surface area contributed by atoms with Crippen molar-refractivity contribution in [2.45, 2.75) is 0 Å². The third kappa shape index (κ3) is 9.71. The van der Waals surface area contributed by atoms with Gasteiger partial charge in [0, 0.05) is 29.5 Å². The summed E-state index contributed by atoms with van der Waals surface area (Å²) in [6.45, 7) is -2.17. The van der Waals surface area contributed by atoms with Crippen molar-refractivity contribution in [1.82, 2.24) is 0 Å². The van der Waals surface area contributed by atoms with Crippen molar-refractivity contribution < 1.29 is 9.59 Å². The van der Waals surface area contributed by atoms with Crippen molar-refractivity contribution in [2.24, 2.45) is 0 Å². The van der Waals surface area contributed by atoms with E-state index in [4.69, 9.17) is 27.6 Å². The van der Waals surface area contributed by atoms with Crippen molar-refractivity contribution in [2.75, 3.05) is 0 Å². The maximum absolute atomic E-state index is 8.25. The molecule has 74 valence electrons. The first-order valence-electron chi connectivity index (χ1n) is 1.87. The van der Waals surface area contributed by atoms with E-state index in [2.05, 4.69) is 16.0 Å². The molecule has 0 unspecified atom stereocenters. The Labute approximate surface area is 107 Å². The van der Waals surface area contributed by atoms with Crippen LogP contribution >= 0.6 is 70.6 Å². The Bertz CT molecular complexity index is 178. The van der Waals surface area contributed by atoms with E-state index in [0.29, 0.717) is 0 Å². The minimum absolute atomic E-state index is 1.18. The van der Waals surface area contributed by atoms with E-state index in [1.54, 1.807) is 9.83 Å². The van der Waals surface area contributed by atoms with Crippen LogP contribution in [0.3, 0.4) is 0 Å². The van der Waals surface area contributed by atoms with Gasteiger partial charge < -0.3 is 0 Å². The summed E-state index contributed by atoms with van der Waals surface area (Å²) in [5.74, 6) is 0. The maximum Gasteiger partial charge on any atom is 0.115 e. The molecule has 1 N–H and O–H groups in total. The van der Waals surface area contributed by atoms with Gasteiger partial charge >= 0.3 is 0 Å². The zero-order chi connectivity index (χ0) is 9.45. The van der Waals surface area contributed by atoms with Gasteiger partial charge in [0.15, 0.2) is 0 Å². The van der Waals surface area contributed by atoms with Crippen LogP contribution in [0.1, 0.15) is 0 Å². The monoisotopic (exact) mass is 354 g/mol. The summed E-state index contributed by atoms with van der Waals surface area (Å²) >= 11 is 13.4. The fraction of sp³-hybridized carbons (Fsp3) is 0. The molecule has 0 rings (SSSR count). The molecule has 0 spiro atoms. The molecule has 0 aliphatic rings. The fourth-order valence-corrected chi connectivity index (χ4v) is 18.1. The van der Waals surface area contributed by atoms with Gasteiger partial charge in [-0.3, -0.25) is 0 Å². The highest BCUT2D eigenvalue weighted by Gasteiger charge is 2.03. The van der Waals surface area contributed by atoms with Crippen LogP contribution in [0.2, 0.25) is 0 Å². The van der Waals surface area contributed by atoms with Gasteiger partial charge in [-0.25, -0.2) is 5.26 Å². The van der Waals surface area contributed by atoms with Gasteiger partial charge in [0.1, 0.15) is 6.46 Å². The van der Waals surface area contributed by atoms with E-state index in [0.717, 1.165) is 0 Å². The quantitative estimate of drug-likeness (QED) is 0.228. The smallest absolute Gasteiger partial charge is 0.115 e. The Kier molecular flexibility index (Phi) is 11.9. The highest BCUT2D eigenvalue weighted by molar-refractivity contribution is 9.49. The topological polar surface area (TPSA) is 29.5 Å². The number of hydrogen-bond acceptors (Lipinski definition) is 11. The third-order valence-corrected chi connectivity index (χ3v) is 17.5. The second-order valence-electron chi connectivity index (χ2n) is 0.898. The molecule has 0 saturated carbocycles. The summed E-state index contributed by atoms with van der Waals surface area (Å²) in [6.07, 6.45) is 0. The molecule has 0 radical (unpaired) electrons. The Morgan fingerprint density at radius 3 is 2.25 bits per heavy atom. The molecule has 0 bridgehead atoms. The average Bonchev–Trinajstić information content (AvgIpc) is 2.04. The van der Waals surface area contributed by atoms with Crippen LogP contribution in [0.25, 0.3) is 0 Å². The van der Waals surface area contributed by atoms with Crippen LogP contribution < -0.4 is 0 Å². The van der Waals surface area contributed by atoms with Crippen molar-refractivity contribution >= 4 is 99.5 Å². The molecule has 0 aromatic heterocycles. The molecule has 0 amide bonds. The van der Waals surface area contributed by atoms with E-state index >= 15 is 0 Å². The number of hydrogen-bond donors (Lipinski definition) is 2. The summed E-state index contributed by atoms with van der Waals surface area (Å²) in [4.78, 5) is 0. The lowest BCUT2D eigenvalue weighted by Gasteiger charge is -2.00. The minimum atomic E-state index is -2.17. The molecule has 0 aliphatic carbocycles. The summed E-state index contributed by atoms with van der Waals surface area (Å²) < 4.78 is 3.95. The molecule has 12 heavy (non-hydrogen) atoms. The minimum Gasteiger partial charge on any atom is -0.238 e. The normalized spacial score (nSPS) is 11.8. The van der Waals surface area contributed by atoms with Gasteiger partial charge in [0.2, 0.25) is 0 Å². The van der Waals surface area contributed by atoms with E-state index < -0.39 is 6.46 Å². The third-order valence-electron chi connectivity index (χ3n) is 0.316. The predicted octanol–water partition coefficient (Wildman–Crippen LogP) is 4.20. The van der Waals surface area contributed by atoms with Gasteiger partial charge in [-0.05, 0) is 51.9 Å². The number of thiol groups is 1. The molecule has 0 atom stereocenters. The van der Waals surface area contributed by atoms with Crippen LogP contribution in [-0.4, -0.2) is 5.26 Å². The first-order valence-corrected chi connectivity index (χ1v) is 14.3. The van der Waals surface area contributed by atoms with Gasteiger partial charge in [-0.15, -0.1) is 4.33 Å². The largest absolute Gasteiger partial charge is 0.238 e. The number of rotatable bonds is 7. The van der Waals surface area contributed by atoms with Gasteiger partial charge in [0.25, 0.3) is 0 Å². The Morgan fingerprint density at radius 1 is 1.17 bits per heavy atom. The molecular formula is H2O2S10. The highest BCUT2D eigenvalue weighted by Crippen LogP contribution is 2.54. The van der Waals surface area contributed by atoms with Crippen molar-refractivity contribution in [3.63, 3.8) is 0 Å². The van der Waals surface area contributed by atoms with E-state index in [1.165, 1.54) is 49.1 Å². The lowest BCUT2D eigenvalue weighted by atomic mass is 15.0.